The van der Waals surface area contributed by atoms with E-state index in [1.807, 2.05) is 6.92 Å². The molecule has 0 aliphatic carbocycles. The van der Waals surface area contributed by atoms with Gasteiger partial charge in [-0.1, -0.05) is 18.7 Å². The molecule has 0 amide bonds. The Morgan fingerprint density at radius 1 is 1.38 bits per heavy atom. The normalized spacial score (nSPS) is 7.25. The molecule has 1 nitrogen and oxygen atoms in total. The monoisotopic (exact) mass is 111 g/mol. The average Bonchev–Trinajstić information content (AvgIpc) is 1.71. The fourth-order valence-corrected chi connectivity index (χ4v) is 0.105. The van der Waals surface area contributed by atoms with Crippen molar-refractivity contribution in [1.82, 2.24) is 0 Å². The number of allylic oxidation sites excluding steroid dienone is 2. The molecule has 0 heterocycles. The zero-order chi connectivity index (χ0) is 6.83. The van der Waals surface area contributed by atoms with E-state index in [4.69, 9.17) is 0 Å². The maximum Gasteiger partial charge on any atom is 0.0277 e. The molecule has 0 aromatic rings. The van der Waals surface area contributed by atoms with E-state index in [1.54, 1.807) is 25.4 Å². The second kappa shape index (κ2) is 16.4. The molecule has 0 rings (SSSR count). The van der Waals surface area contributed by atoms with Gasteiger partial charge in [0.2, 0.25) is 0 Å². The molecule has 8 heavy (non-hydrogen) atoms. The Balaban J connectivity index is 0. The highest BCUT2D eigenvalue weighted by atomic mass is 14.6. The lowest BCUT2D eigenvalue weighted by Crippen LogP contribution is -1.53. The van der Waals surface area contributed by atoms with Crippen molar-refractivity contribution >= 4 is 6.21 Å². The van der Waals surface area contributed by atoms with E-state index in [0.717, 1.165) is 0 Å². The molecule has 0 aliphatic rings. The van der Waals surface area contributed by atoms with Gasteiger partial charge in [-0.15, -0.1) is 6.58 Å². The van der Waals surface area contributed by atoms with E-state index < -0.39 is 0 Å². The number of aliphatic imine (C=N–C) groups is 1. The minimum Gasteiger partial charge on any atom is -0.297 e. The number of hydrogen-bond donors (Lipinski definition) is 0. The standard InChI is InChI=1S/C4H7N.C3H6/c1-3-4-5-2;1-3-2/h3-4H,1H2,2H3;3H,1H2,2H3. The lowest BCUT2D eigenvalue weighted by molar-refractivity contribution is 1.48. The van der Waals surface area contributed by atoms with Crippen LogP contribution < -0.4 is 0 Å². The summed E-state index contributed by atoms with van der Waals surface area (Å²) < 4.78 is 0. The highest BCUT2D eigenvalue weighted by molar-refractivity contribution is 5.69. The summed E-state index contributed by atoms with van der Waals surface area (Å²) in [5.74, 6) is 0. The summed E-state index contributed by atoms with van der Waals surface area (Å²) in [5.41, 5.74) is 0. The Hall–Kier alpha value is -0.850. The van der Waals surface area contributed by atoms with Crippen molar-refractivity contribution in [3.05, 3.63) is 25.3 Å². The third-order valence-corrected chi connectivity index (χ3v) is 0.254. The molecule has 0 spiro atoms. The molecule has 0 aromatic heterocycles. The zero-order valence-electron chi connectivity index (χ0n) is 5.59. The maximum absolute atomic E-state index is 3.61. The third kappa shape index (κ3) is 67.1. The van der Waals surface area contributed by atoms with Crippen LogP contribution in [0.2, 0.25) is 0 Å². The molecule has 1 heteroatoms. The Labute approximate surface area is 51.5 Å². The number of rotatable bonds is 1. The van der Waals surface area contributed by atoms with E-state index in [-0.39, 0.29) is 0 Å². The highest BCUT2D eigenvalue weighted by Crippen LogP contribution is 1.48. The van der Waals surface area contributed by atoms with Gasteiger partial charge >= 0.3 is 0 Å². The predicted molar refractivity (Wildman–Crippen MR) is 40.5 cm³/mol. The van der Waals surface area contributed by atoms with E-state index in [9.17, 15) is 0 Å². The first kappa shape index (κ1) is 10.2. The van der Waals surface area contributed by atoms with Gasteiger partial charge in [0.1, 0.15) is 0 Å². The first-order chi connectivity index (χ1) is 3.83. The topological polar surface area (TPSA) is 12.4 Å². The van der Waals surface area contributed by atoms with E-state index in [0.29, 0.717) is 0 Å². The molecular formula is C7H13N. The van der Waals surface area contributed by atoms with Crippen LogP contribution in [0, 0.1) is 0 Å². The van der Waals surface area contributed by atoms with Crippen LogP contribution in [0.15, 0.2) is 30.3 Å². The van der Waals surface area contributed by atoms with E-state index >= 15 is 0 Å². The number of hydrogen-bond acceptors (Lipinski definition) is 1. The van der Waals surface area contributed by atoms with Gasteiger partial charge in [-0.05, 0) is 6.92 Å². The molecule has 0 bridgehead atoms. The molecule has 0 saturated heterocycles. The van der Waals surface area contributed by atoms with Crippen LogP contribution in [0.4, 0.5) is 0 Å². The van der Waals surface area contributed by atoms with Crippen LogP contribution >= 0.6 is 0 Å². The molecule has 0 aliphatic heterocycles. The first-order valence-electron chi connectivity index (χ1n) is 2.43. The van der Waals surface area contributed by atoms with Crippen molar-refractivity contribution in [2.45, 2.75) is 6.92 Å². The maximum atomic E-state index is 3.61. The molecule has 0 fully saturated rings. The molecule has 46 valence electrons. The van der Waals surface area contributed by atoms with Crippen LogP contribution in [0.25, 0.3) is 0 Å². The molecule has 0 radical (unpaired) electrons. The fourth-order valence-electron chi connectivity index (χ4n) is 0.105. The fraction of sp³-hybridized carbons (Fsp3) is 0.286. The molecule has 0 unspecified atom stereocenters. The summed E-state index contributed by atoms with van der Waals surface area (Å²) in [6.45, 7) is 8.65. The quantitative estimate of drug-likeness (QED) is 0.363. The van der Waals surface area contributed by atoms with Crippen molar-refractivity contribution in [2.24, 2.45) is 4.99 Å². The van der Waals surface area contributed by atoms with Crippen molar-refractivity contribution in [2.75, 3.05) is 7.05 Å². The van der Waals surface area contributed by atoms with Gasteiger partial charge in [-0.3, -0.25) is 4.99 Å². The van der Waals surface area contributed by atoms with Crippen LogP contribution in [-0.4, -0.2) is 13.3 Å². The zero-order valence-corrected chi connectivity index (χ0v) is 5.59. The Kier molecular flexibility index (Phi) is 21.0. The van der Waals surface area contributed by atoms with Crippen molar-refractivity contribution in [3.8, 4) is 0 Å². The highest BCUT2D eigenvalue weighted by Gasteiger charge is 1.41. The van der Waals surface area contributed by atoms with Crippen molar-refractivity contribution in [1.29, 1.82) is 0 Å². The smallest absolute Gasteiger partial charge is 0.0277 e. The van der Waals surface area contributed by atoms with Crippen LogP contribution in [0.5, 0.6) is 0 Å². The molecule has 0 saturated carbocycles. The predicted octanol–water partition coefficient (Wildman–Crippen LogP) is 2.07. The van der Waals surface area contributed by atoms with Crippen LogP contribution in [-0.2, 0) is 0 Å². The van der Waals surface area contributed by atoms with E-state index in [1.165, 1.54) is 0 Å². The summed E-state index contributed by atoms with van der Waals surface area (Å²) in [7, 11) is 1.71. The lowest BCUT2D eigenvalue weighted by Gasteiger charge is -1.58. The summed E-state index contributed by atoms with van der Waals surface area (Å²) in [4.78, 5) is 3.61. The van der Waals surface area contributed by atoms with Gasteiger partial charge < -0.3 is 0 Å². The van der Waals surface area contributed by atoms with Crippen molar-refractivity contribution in [3.63, 3.8) is 0 Å². The van der Waals surface area contributed by atoms with Gasteiger partial charge in [-0.25, -0.2) is 0 Å². The van der Waals surface area contributed by atoms with E-state index in [2.05, 4.69) is 18.2 Å². The number of nitrogens with zero attached hydrogens (tertiary/aromatic N) is 1. The Morgan fingerprint density at radius 2 is 1.75 bits per heavy atom. The second-order valence-electron chi connectivity index (χ2n) is 1.05. The third-order valence-electron chi connectivity index (χ3n) is 0.254. The van der Waals surface area contributed by atoms with Crippen LogP contribution in [0.1, 0.15) is 6.92 Å². The van der Waals surface area contributed by atoms with Gasteiger partial charge in [0.05, 0.1) is 0 Å². The van der Waals surface area contributed by atoms with Crippen LogP contribution in [0.3, 0.4) is 0 Å². The Bertz CT molecular complexity index is 72.5. The second-order valence-corrected chi connectivity index (χ2v) is 1.05. The van der Waals surface area contributed by atoms with Gasteiger partial charge in [0, 0.05) is 13.3 Å². The van der Waals surface area contributed by atoms with Gasteiger partial charge in [0.25, 0.3) is 0 Å². The van der Waals surface area contributed by atoms with Gasteiger partial charge in [-0.2, -0.15) is 0 Å². The summed E-state index contributed by atoms with van der Waals surface area (Å²) in [5, 5.41) is 0. The lowest BCUT2D eigenvalue weighted by atomic mass is 10.7. The molecule has 0 atom stereocenters. The van der Waals surface area contributed by atoms with Gasteiger partial charge in [0.15, 0.2) is 0 Å². The summed E-state index contributed by atoms with van der Waals surface area (Å²) in [6, 6.07) is 0. The summed E-state index contributed by atoms with van der Waals surface area (Å²) >= 11 is 0. The molecule has 0 N–H and O–H groups in total. The molecule has 0 aromatic carbocycles. The van der Waals surface area contributed by atoms with Crippen molar-refractivity contribution < 1.29 is 0 Å². The minimum absolute atomic E-state index is 1.64. The summed E-state index contributed by atoms with van der Waals surface area (Å²) in [6.07, 6.45) is 5.03. The SMILES string of the molecule is C=CC.C=CC=NC. The Morgan fingerprint density at radius 3 is 1.75 bits per heavy atom. The largest absolute Gasteiger partial charge is 0.297 e. The molecular weight excluding hydrogens is 98.1 g/mol. The first-order valence-corrected chi connectivity index (χ1v) is 2.43. The minimum atomic E-state index is 1.64. The average molecular weight is 111 g/mol.